The summed E-state index contributed by atoms with van der Waals surface area (Å²) in [4.78, 5) is 31.3. The van der Waals surface area contributed by atoms with Gasteiger partial charge in [0.25, 0.3) is 5.91 Å². The third-order valence-corrected chi connectivity index (χ3v) is 3.83. The van der Waals surface area contributed by atoms with Crippen LogP contribution in [0.4, 0.5) is 0 Å². The third-order valence-electron chi connectivity index (χ3n) is 3.83. The van der Waals surface area contributed by atoms with Gasteiger partial charge in [-0.2, -0.15) is 0 Å². The lowest BCUT2D eigenvalue weighted by Gasteiger charge is -2.20. The first kappa shape index (κ1) is 20.2. The second-order valence-corrected chi connectivity index (χ2v) is 6.19. The van der Waals surface area contributed by atoms with Gasteiger partial charge < -0.3 is 19.3 Å². The van der Waals surface area contributed by atoms with E-state index >= 15 is 0 Å². The highest BCUT2D eigenvalue weighted by atomic mass is 16.5. The van der Waals surface area contributed by atoms with E-state index in [-0.39, 0.29) is 18.4 Å². The molecule has 0 aliphatic heterocycles. The van der Waals surface area contributed by atoms with Gasteiger partial charge in [0.2, 0.25) is 5.91 Å². The summed E-state index contributed by atoms with van der Waals surface area (Å²) < 4.78 is 11.4. The standard InChI is InChI=1S/C20H25N3O4/c1-5-26-18-11-16(20(25)23(4)13-19(24)22(2)3)8-9-17(18)27-14-15-7-6-10-21-12-15/h6-12H,5,13-14H2,1-4H3. The molecule has 2 amide bonds. The predicted octanol–water partition coefficient (Wildman–Crippen LogP) is 2.22. The van der Waals surface area contributed by atoms with E-state index in [1.807, 2.05) is 19.1 Å². The van der Waals surface area contributed by atoms with Gasteiger partial charge in [0.1, 0.15) is 6.61 Å². The van der Waals surface area contributed by atoms with Gasteiger partial charge in [0.15, 0.2) is 11.5 Å². The van der Waals surface area contributed by atoms with E-state index in [2.05, 4.69) is 4.98 Å². The van der Waals surface area contributed by atoms with Crippen LogP contribution < -0.4 is 9.47 Å². The fourth-order valence-electron chi connectivity index (χ4n) is 2.31. The zero-order chi connectivity index (χ0) is 19.8. The lowest BCUT2D eigenvalue weighted by atomic mass is 10.1. The molecule has 1 heterocycles. The summed E-state index contributed by atoms with van der Waals surface area (Å²) in [6.07, 6.45) is 3.43. The Hall–Kier alpha value is -3.09. The van der Waals surface area contributed by atoms with E-state index in [1.54, 1.807) is 51.7 Å². The van der Waals surface area contributed by atoms with Crippen molar-refractivity contribution in [2.24, 2.45) is 0 Å². The number of rotatable bonds is 8. The molecule has 1 aromatic heterocycles. The van der Waals surface area contributed by atoms with Crippen LogP contribution >= 0.6 is 0 Å². The van der Waals surface area contributed by atoms with Crippen LogP contribution in [0.25, 0.3) is 0 Å². The van der Waals surface area contributed by atoms with Crippen LogP contribution in [0, 0.1) is 0 Å². The second-order valence-electron chi connectivity index (χ2n) is 6.19. The van der Waals surface area contributed by atoms with E-state index in [0.717, 1.165) is 5.56 Å². The molecular formula is C20H25N3O4. The van der Waals surface area contributed by atoms with Crippen LogP contribution in [0.2, 0.25) is 0 Å². The molecule has 0 spiro atoms. The van der Waals surface area contributed by atoms with Crippen molar-refractivity contribution >= 4 is 11.8 Å². The Labute approximate surface area is 159 Å². The molecule has 2 aromatic rings. The maximum absolute atomic E-state index is 12.6. The van der Waals surface area contributed by atoms with Crippen molar-refractivity contribution in [3.63, 3.8) is 0 Å². The number of benzene rings is 1. The lowest BCUT2D eigenvalue weighted by Crippen LogP contribution is -2.37. The quantitative estimate of drug-likeness (QED) is 0.711. The summed E-state index contributed by atoms with van der Waals surface area (Å²) >= 11 is 0. The number of pyridine rings is 1. The number of ether oxygens (including phenoxy) is 2. The maximum Gasteiger partial charge on any atom is 0.254 e. The molecule has 0 saturated carbocycles. The van der Waals surface area contributed by atoms with Crippen LogP contribution in [0.5, 0.6) is 11.5 Å². The van der Waals surface area contributed by atoms with Gasteiger partial charge in [-0.25, -0.2) is 0 Å². The van der Waals surface area contributed by atoms with E-state index < -0.39 is 0 Å². The highest BCUT2D eigenvalue weighted by Crippen LogP contribution is 2.29. The normalized spacial score (nSPS) is 10.2. The van der Waals surface area contributed by atoms with Crippen molar-refractivity contribution in [3.05, 3.63) is 53.9 Å². The number of hydrogen-bond donors (Lipinski definition) is 0. The SMILES string of the molecule is CCOc1cc(C(=O)N(C)CC(=O)N(C)C)ccc1OCc1cccnc1. The van der Waals surface area contributed by atoms with Crippen molar-refractivity contribution in [3.8, 4) is 11.5 Å². The monoisotopic (exact) mass is 371 g/mol. The Balaban J connectivity index is 2.13. The van der Waals surface area contributed by atoms with Gasteiger partial charge in [-0.3, -0.25) is 14.6 Å². The average molecular weight is 371 g/mol. The summed E-state index contributed by atoms with van der Waals surface area (Å²) in [6, 6.07) is 8.77. The Bertz CT molecular complexity index is 778. The van der Waals surface area contributed by atoms with Crippen molar-refractivity contribution < 1.29 is 19.1 Å². The molecule has 1 aromatic carbocycles. The van der Waals surface area contributed by atoms with Crippen molar-refractivity contribution in [1.29, 1.82) is 0 Å². The van der Waals surface area contributed by atoms with Gasteiger partial charge in [-0.15, -0.1) is 0 Å². The summed E-state index contributed by atoms with van der Waals surface area (Å²) in [5.41, 5.74) is 1.36. The molecule has 0 aliphatic rings. The summed E-state index contributed by atoms with van der Waals surface area (Å²) in [5.74, 6) is 0.626. The number of nitrogens with zero attached hydrogens (tertiary/aromatic N) is 3. The van der Waals surface area contributed by atoms with Crippen LogP contribution in [0.3, 0.4) is 0 Å². The molecule has 0 atom stereocenters. The summed E-state index contributed by atoms with van der Waals surface area (Å²) in [6.45, 7) is 2.66. The highest BCUT2D eigenvalue weighted by Gasteiger charge is 2.18. The number of carbonyl (C=O) groups excluding carboxylic acids is 2. The Morgan fingerprint density at radius 2 is 1.85 bits per heavy atom. The molecule has 2 rings (SSSR count). The van der Waals surface area contributed by atoms with E-state index in [9.17, 15) is 9.59 Å². The minimum absolute atomic E-state index is 0.00899. The fourth-order valence-corrected chi connectivity index (χ4v) is 2.31. The predicted molar refractivity (Wildman–Crippen MR) is 102 cm³/mol. The molecular weight excluding hydrogens is 346 g/mol. The smallest absolute Gasteiger partial charge is 0.254 e. The molecule has 0 saturated heterocycles. The molecule has 0 fully saturated rings. The second kappa shape index (κ2) is 9.56. The lowest BCUT2D eigenvalue weighted by molar-refractivity contribution is -0.129. The molecule has 7 nitrogen and oxygen atoms in total. The number of amides is 2. The summed E-state index contributed by atoms with van der Waals surface area (Å²) in [7, 11) is 4.90. The topological polar surface area (TPSA) is 72.0 Å². The molecule has 0 bridgehead atoms. The van der Waals surface area contributed by atoms with Crippen molar-refractivity contribution in [2.75, 3.05) is 34.3 Å². The minimum Gasteiger partial charge on any atom is -0.490 e. The number of hydrogen-bond acceptors (Lipinski definition) is 5. The molecule has 0 aliphatic carbocycles. The van der Waals surface area contributed by atoms with Gasteiger partial charge in [-0.1, -0.05) is 6.07 Å². The van der Waals surface area contributed by atoms with Crippen LogP contribution in [0.1, 0.15) is 22.8 Å². The van der Waals surface area contributed by atoms with E-state index in [1.165, 1.54) is 9.80 Å². The van der Waals surface area contributed by atoms with Crippen LogP contribution in [-0.4, -0.2) is 60.9 Å². The number of carbonyl (C=O) groups is 2. The molecule has 0 N–H and O–H groups in total. The van der Waals surface area contributed by atoms with Gasteiger partial charge in [0, 0.05) is 44.7 Å². The first-order valence-corrected chi connectivity index (χ1v) is 8.66. The van der Waals surface area contributed by atoms with Gasteiger partial charge in [-0.05, 0) is 31.2 Å². The molecule has 0 unspecified atom stereocenters. The zero-order valence-corrected chi connectivity index (χ0v) is 16.1. The maximum atomic E-state index is 12.6. The molecule has 7 heteroatoms. The first-order chi connectivity index (χ1) is 12.9. The fraction of sp³-hybridized carbons (Fsp3) is 0.350. The van der Waals surface area contributed by atoms with Crippen molar-refractivity contribution in [1.82, 2.24) is 14.8 Å². The molecule has 144 valence electrons. The first-order valence-electron chi connectivity index (χ1n) is 8.66. The van der Waals surface area contributed by atoms with E-state index in [0.29, 0.717) is 30.3 Å². The largest absolute Gasteiger partial charge is 0.490 e. The highest BCUT2D eigenvalue weighted by molar-refractivity contribution is 5.96. The van der Waals surface area contributed by atoms with E-state index in [4.69, 9.17) is 9.47 Å². The van der Waals surface area contributed by atoms with Crippen LogP contribution in [0.15, 0.2) is 42.7 Å². The number of likely N-dealkylation sites (N-methyl/N-ethyl adjacent to an activating group) is 2. The third kappa shape index (κ3) is 5.70. The average Bonchev–Trinajstić information content (AvgIpc) is 2.67. The molecule has 27 heavy (non-hydrogen) atoms. The number of aromatic nitrogens is 1. The summed E-state index contributed by atoms with van der Waals surface area (Å²) in [5, 5.41) is 0. The minimum atomic E-state index is -0.259. The Kier molecular flexibility index (Phi) is 7.16. The van der Waals surface area contributed by atoms with Crippen molar-refractivity contribution in [2.45, 2.75) is 13.5 Å². The zero-order valence-electron chi connectivity index (χ0n) is 16.1. The Morgan fingerprint density at radius 1 is 1.07 bits per heavy atom. The van der Waals surface area contributed by atoms with Gasteiger partial charge >= 0.3 is 0 Å². The Morgan fingerprint density at radius 3 is 2.48 bits per heavy atom. The molecule has 0 radical (unpaired) electrons. The van der Waals surface area contributed by atoms with Crippen LogP contribution in [-0.2, 0) is 11.4 Å². The van der Waals surface area contributed by atoms with Gasteiger partial charge in [0.05, 0.1) is 13.2 Å².